The molecule has 1 aromatic rings. The van der Waals surface area contributed by atoms with Crippen molar-refractivity contribution >= 4 is 30.0 Å². The van der Waals surface area contributed by atoms with Crippen LogP contribution >= 0.6 is 12.4 Å². The van der Waals surface area contributed by atoms with Gasteiger partial charge in [-0.3, -0.25) is 15.0 Å². The average molecular weight is 371 g/mol. The molecule has 1 aliphatic rings. The van der Waals surface area contributed by atoms with E-state index in [1.165, 1.54) is 0 Å². The number of methoxy groups -OCH3 is 1. The fourth-order valence-corrected chi connectivity index (χ4v) is 2.83. The quantitative estimate of drug-likeness (QED) is 0.751. The lowest BCUT2D eigenvalue weighted by Crippen LogP contribution is -2.54. The molecule has 8 heteroatoms. The third-order valence-corrected chi connectivity index (χ3v) is 4.36. The van der Waals surface area contributed by atoms with Crippen LogP contribution < -0.4 is 21.1 Å². The van der Waals surface area contributed by atoms with Gasteiger partial charge in [-0.2, -0.15) is 0 Å². The van der Waals surface area contributed by atoms with Crippen molar-refractivity contribution in [2.24, 2.45) is 11.1 Å². The molecule has 1 atom stereocenters. The number of carbonyl (C=O) groups excluding carboxylic acids is 2. The molecule has 25 heavy (non-hydrogen) atoms. The Bertz CT molecular complexity index is 592. The second kappa shape index (κ2) is 9.03. The van der Waals surface area contributed by atoms with E-state index in [2.05, 4.69) is 24.5 Å². The van der Waals surface area contributed by atoms with Crippen LogP contribution in [0, 0.1) is 5.41 Å². The molecule has 0 aliphatic carbocycles. The van der Waals surface area contributed by atoms with E-state index in [1.54, 1.807) is 31.4 Å². The normalized spacial score (nSPS) is 19.4. The summed E-state index contributed by atoms with van der Waals surface area (Å²) in [5, 5.41) is 4.97. The number of hydrogen-bond acceptors (Lipinski definition) is 5. The molecule has 1 unspecified atom stereocenters. The minimum absolute atomic E-state index is 0. The van der Waals surface area contributed by atoms with E-state index in [0.717, 1.165) is 19.5 Å². The molecule has 1 fully saturated rings. The molecule has 0 radical (unpaired) electrons. The lowest BCUT2D eigenvalue weighted by atomic mass is 9.80. The van der Waals surface area contributed by atoms with E-state index in [1.807, 2.05) is 4.90 Å². The number of imide groups is 1. The molecule has 4 N–H and O–H groups in total. The number of amides is 3. The fraction of sp³-hybridized carbons (Fsp3) is 0.529. The van der Waals surface area contributed by atoms with Crippen LogP contribution in [-0.2, 0) is 4.79 Å². The van der Waals surface area contributed by atoms with Crippen molar-refractivity contribution in [3.8, 4) is 5.75 Å². The van der Waals surface area contributed by atoms with Gasteiger partial charge in [0.2, 0.25) is 5.91 Å². The Morgan fingerprint density at radius 3 is 2.52 bits per heavy atom. The highest BCUT2D eigenvalue weighted by atomic mass is 35.5. The number of piperidine rings is 1. The summed E-state index contributed by atoms with van der Waals surface area (Å²) in [6, 6.07) is 6.47. The first kappa shape index (κ1) is 21.2. The molecule has 0 saturated carbocycles. The molecule has 1 heterocycles. The molecule has 1 aromatic carbocycles. The van der Waals surface area contributed by atoms with Gasteiger partial charge in [0.05, 0.1) is 13.7 Å². The van der Waals surface area contributed by atoms with Gasteiger partial charge in [-0.15, -0.1) is 12.4 Å². The first-order valence-corrected chi connectivity index (χ1v) is 8.03. The van der Waals surface area contributed by atoms with Gasteiger partial charge in [-0.1, -0.05) is 13.8 Å². The maximum atomic E-state index is 12.0. The SMILES string of the molecule is COc1ccc(NC(=O)NC(=O)CN2CCC(N)C(C)(C)C2)cc1.Cl. The molecule has 0 aromatic heterocycles. The van der Waals surface area contributed by atoms with Crippen molar-refractivity contribution < 1.29 is 14.3 Å². The highest BCUT2D eigenvalue weighted by molar-refractivity contribution is 6.01. The Kier molecular flexibility index (Phi) is 7.66. The Labute approximate surface area is 154 Å². The standard InChI is InChI=1S/C17H26N4O3.ClH/c1-17(2)11-21(9-8-14(17)18)10-15(22)20-16(23)19-12-4-6-13(24-3)7-5-12;/h4-7,14H,8-11,18H2,1-3H3,(H2,19,20,22,23);1H. The summed E-state index contributed by atoms with van der Waals surface area (Å²) in [7, 11) is 1.57. The molecular weight excluding hydrogens is 344 g/mol. The fourth-order valence-electron chi connectivity index (χ4n) is 2.83. The van der Waals surface area contributed by atoms with Crippen molar-refractivity contribution in [2.75, 3.05) is 32.1 Å². The molecule has 0 bridgehead atoms. The third kappa shape index (κ3) is 6.19. The number of halogens is 1. The van der Waals surface area contributed by atoms with Crippen LogP contribution in [0.5, 0.6) is 5.75 Å². The van der Waals surface area contributed by atoms with Crippen molar-refractivity contribution in [2.45, 2.75) is 26.3 Å². The number of ether oxygens (including phenoxy) is 1. The minimum Gasteiger partial charge on any atom is -0.497 e. The van der Waals surface area contributed by atoms with Crippen LogP contribution in [-0.4, -0.2) is 49.6 Å². The number of nitrogens with zero attached hydrogens (tertiary/aromatic N) is 1. The summed E-state index contributed by atoms with van der Waals surface area (Å²) < 4.78 is 5.05. The van der Waals surface area contributed by atoms with Gasteiger partial charge >= 0.3 is 6.03 Å². The minimum atomic E-state index is -0.543. The number of nitrogens with one attached hydrogen (secondary N) is 2. The maximum Gasteiger partial charge on any atom is 0.325 e. The first-order valence-electron chi connectivity index (χ1n) is 8.03. The van der Waals surface area contributed by atoms with Crippen molar-refractivity contribution in [1.82, 2.24) is 10.2 Å². The lowest BCUT2D eigenvalue weighted by molar-refractivity contribution is -0.121. The molecule has 2 rings (SSSR count). The van der Waals surface area contributed by atoms with E-state index in [4.69, 9.17) is 10.5 Å². The number of benzene rings is 1. The largest absolute Gasteiger partial charge is 0.497 e. The summed E-state index contributed by atoms with van der Waals surface area (Å²) in [6.45, 7) is 5.88. The van der Waals surface area contributed by atoms with E-state index >= 15 is 0 Å². The van der Waals surface area contributed by atoms with Gasteiger partial charge in [0, 0.05) is 24.8 Å². The smallest absolute Gasteiger partial charge is 0.325 e. The van der Waals surface area contributed by atoms with E-state index in [-0.39, 0.29) is 36.3 Å². The predicted molar refractivity (Wildman–Crippen MR) is 100 cm³/mol. The van der Waals surface area contributed by atoms with Gasteiger partial charge < -0.3 is 15.8 Å². The Balaban J connectivity index is 0.00000312. The maximum absolute atomic E-state index is 12.0. The van der Waals surface area contributed by atoms with Crippen molar-refractivity contribution in [3.05, 3.63) is 24.3 Å². The molecular formula is C17H27ClN4O3. The van der Waals surface area contributed by atoms with E-state index in [9.17, 15) is 9.59 Å². The number of nitrogens with two attached hydrogens (primary N) is 1. The topological polar surface area (TPSA) is 96.7 Å². The zero-order chi connectivity index (χ0) is 17.7. The summed E-state index contributed by atoms with van der Waals surface area (Å²) in [6.07, 6.45) is 0.846. The number of rotatable bonds is 4. The molecule has 7 nitrogen and oxygen atoms in total. The molecule has 140 valence electrons. The monoisotopic (exact) mass is 370 g/mol. The van der Waals surface area contributed by atoms with Crippen LogP contribution in [0.25, 0.3) is 0 Å². The van der Waals surface area contributed by atoms with Crippen LogP contribution in [0.3, 0.4) is 0 Å². The van der Waals surface area contributed by atoms with Gasteiger partial charge in [-0.25, -0.2) is 4.79 Å². The first-order chi connectivity index (χ1) is 11.3. The Morgan fingerprint density at radius 1 is 1.32 bits per heavy atom. The number of anilines is 1. The summed E-state index contributed by atoms with van der Waals surface area (Å²) in [5.74, 6) is 0.371. The van der Waals surface area contributed by atoms with E-state index in [0.29, 0.717) is 11.4 Å². The predicted octanol–water partition coefficient (Wildman–Crippen LogP) is 1.82. The van der Waals surface area contributed by atoms with E-state index < -0.39 is 6.03 Å². The van der Waals surface area contributed by atoms with Gasteiger partial charge in [0.1, 0.15) is 5.75 Å². The zero-order valence-electron chi connectivity index (χ0n) is 14.9. The summed E-state index contributed by atoms with van der Waals surface area (Å²) in [5.41, 5.74) is 6.64. The van der Waals surface area contributed by atoms with Gasteiger partial charge in [0.15, 0.2) is 0 Å². The average Bonchev–Trinajstić information content (AvgIpc) is 2.51. The molecule has 1 aliphatic heterocycles. The van der Waals surface area contributed by atoms with Gasteiger partial charge in [-0.05, 0) is 36.1 Å². The van der Waals surface area contributed by atoms with Crippen LogP contribution in [0.4, 0.5) is 10.5 Å². The highest BCUT2D eigenvalue weighted by Gasteiger charge is 2.33. The van der Waals surface area contributed by atoms with Crippen LogP contribution in [0.1, 0.15) is 20.3 Å². The summed E-state index contributed by atoms with van der Waals surface area (Å²) in [4.78, 5) is 26.0. The third-order valence-electron chi connectivity index (χ3n) is 4.36. The molecule has 0 spiro atoms. The van der Waals surface area contributed by atoms with Crippen molar-refractivity contribution in [1.29, 1.82) is 0 Å². The summed E-state index contributed by atoms with van der Waals surface area (Å²) >= 11 is 0. The Morgan fingerprint density at radius 2 is 1.96 bits per heavy atom. The lowest BCUT2D eigenvalue weighted by Gasteiger charge is -2.42. The number of hydrogen-bond donors (Lipinski definition) is 3. The second-order valence-electron chi connectivity index (χ2n) is 6.83. The second-order valence-corrected chi connectivity index (χ2v) is 6.83. The number of urea groups is 1. The number of likely N-dealkylation sites (tertiary alicyclic amines) is 1. The highest BCUT2D eigenvalue weighted by Crippen LogP contribution is 2.27. The van der Waals surface area contributed by atoms with Crippen LogP contribution in [0.2, 0.25) is 0 Å². The number of carbonyl (C=O) groups is 2. The van der Waals surface area contributed by atoms with Crippen molar-refractivity contribution in [3.63, 3.8) is 0 Å². The molecule has 1 saturated heterocycles. The van der Waals surface area contributed by atoms with Crippen LogP contribution in [0.15, 0.2) is 24.3 Å². The molecule has 3 amide bonds. The Hall–Kier alpha value is -1.83. The zero-order valence-corrected chi connectivity index (χ0v) is 15.7. The van der Waals surface area contributed by atoms with Gasteiger partial charge in [0.25, 0.3) is 0 Å².